The number of nitrogens with zero attached hydrogens (tertiary/aromatic N) is 2. The molecule has 4 amide bonds. The highest BCUT2D eigenvalue weighted by atomic mass is 16.6. The fraction of sp³-hybridized carbons (Fsp3) is 0.821. The van der Waals surface area contributed by atoms with Crippen molar-refractivity contribution in [1.29, 1.82) is 5.26 Å². The van der Waals surface area contributed by atoms with E-state index in [0.29, 0.717) is 44.3 Å². The van der Waals surface area contributed by atoms with Gasteiger partial charge in [-0.15, -0.1) is 0 Å². The van der Waals surface area contributed by atoms with Crippen LogP contribution in [0.1, 0.15) is 80.1 Å². The molecule has 1 saturated carbocycles. The van der Waals surface area contributed by atoms with Crippen LogP contribution in [-0.4, -0.2) is 73.2 Å². The summed E-state index contributed by atoms with van der Waals surface area (Å²) in [5.74, 6) is 0.839. The first-order valence-electron chi connectivity index (χ1n) is 13.8. The largest absolute Gasteiger partial charge is 0.444 e. The van der Waals surface area contributed by atoms with Crippen LogP contribution in [0.4, 0.5) is 4.79 Å². The average Bonchev–Trinajstić information content (AvgIpc) is 3.10. The minimum Gasteiger partial charge on any atom is -0.444 e. The molecule has 1 aliphatic carbocycles. The molecule has 3 saturated heterocycles. The molecule has 4 fully saturated rings. The van der Waals surface area contributed by atoms with E-state index in [1.54, 1.807) is 0 Å². The third-order valence-corrected chi connectivity index (χ3v) is 7.83. The van der Waals surface area contributed by atoms with Crippen LogP contribution in [0, 0.1) is 34.0 Å². The van der Waals surface area contributed by atoms with Gasteiger partial charge < -0.3 is 30.7 Å². The van der Waals surface area contributed by atoms with Gasteiger partial charge in [-0.3, -0.25) is 14.4 Å². The van der Waals surface area contributed by atoms with E-state index in [1.165, 1.54) is 0 Å². The predicted molar refractivity (Wildman–Crippen MR) is 145 cm³/mol. The van der Waals surface area contributed by atoms with E-state index in [-0.39, 0.29) is 34.3 Å². The Bertz CT molecular complexity index is 914. The lowest BCUT2D eigenvalue weighted by molar-refractivity contribution is -0.132. The maximum Gasteiger partial charge on any atom is 0.404 e. The van der Waals surface area contributed by atoms with Crippen molar-refractivity contribution in [3.8, 4) is 6.07 Å². The third kappa shape index (κ3) is 10.7. The molecule has 4 rings (SSSR count). The number of amides is 4. The van der Waals surface area contributed by atoms with E-state index < -0.39 is 12.1 Å². The zero-order valence-electron chi connectivity index (χ0n) is 24.4. The van der Waals surface area contributed by atoms with Crippen LogP contribution in [0.2, 0.25) is 0 Å². The summed E-state index contributed by atoms with van der Waals surface area (Å²) in [6.45, 7) is 16.1. The molecule has 3 aliphatic heterocycles. The van der Waals surface area contributed by atoms with Crippen molar-refractivity contribution < 1.29 is 28.7 Å². The summed E-state index contributed by atoms with van der Waals surface area (Å²) in [5.41, 5.74) is 5.19. The Balaban J connectivity index is 0.000000212. The predicted octanol–water partition coefficient (Wildman–Crippen LogP) is 2.48. The van der Waals surface area contributed by atoms with Crippen molar-refractivity contribution in [3.63, 3.8) is 0 Å². The van der Waals surface area contributed by atoms with Crippen molar-refractivity contribution in [1.82, 2.24) is 15.5 Å². The number of rotatable bonds is 6. The van der Waals surface area contributed by atoms with Crippen LogP contribution in [-0.2, 0) is 23.9 Å². The molecule has 4 unspecified atom stereocenters. The van der Waals surface area contributed by atoms with Crippen molar-refractivity contribution in [2.75, 3.05) is 26.3 Å². The van der Waals surface area contributed by atoms with Crippen molar-refractivity contribution >= 4 is 24.3 Å². The number of hydrogen-bond donors (Lipinski definition) is 3. The third-order valence-electron chi connectivity index (χ3n) is 7.83. The highest BCUT2D eigenvalue weighted by Crippen LogP contribution is 2.46. The molecular weight excluding hydrogens is 502 g/mol. The number of nitrogens with one attached hydrogen (secondary N) is 2. The molecule has 0 aromatic carbocycles. The topological polar surface area (TPSA) is 164 Å². The normalized spacial score (nSPS) is 26.6. The second kappa shape index (κ2) is 13.5. The number of primary amides is 1. The Morgan fingerprint density at radius 2 is 2.03 bits per heavy atom. The Hall–Kier alpha value is -2.87. The number of carbonyl (C=O) groups excluding carboxylic acids is 4. The molecule has 4 N–H and O–H groups in total. The summed E-state index contributed by atoms with van der Waals surface area (Å²) in [6, 6.07) is 1.43. The molecule has 220 valence electrons. The van der Waals surface area contributed by atoms with Crippen LogP contribution >= 0.6 is 0 Å². The molecule has 0 radical (unpaired) electrons. The zero-order chi connectivity index (χ0) is 29.4. The number of nitriles is 1. The maximum atomic E-state index is 12.0. The van der Waals surface area contributed by atoms with E-state index in [4.69, 9.17) is 15.7 Å². The highest BCUT2D eigenvalue weighted by molar-refractivity contribution is 5.83. The Morgan fingerprint density at radius 3 is 2.44 bits per heavy atom. The van der Waals surface area contributed by atoms with Gasteiger partial charge in [-0.1, -0.05) is 41.5 Å². The standard InChI is InChI=1S/C13H25NO.C10H13N3O2.C5H9NO3/c1-10-8-14(9-13(10,5)6)11(15)7-12(2,3)4;11-5-8(12-6-14)3-7-4-10(1-2-10)13-9(7)15;6-5(7)9-4-1-2-8-3-4/h10H,7-9H2,1-6H3;6-8H,1-4H2,(H,12,14)(H,13,15);4H,1-3H2,(H2,6,7). The summed E-state index contributed by atoms with van der Waals surface area (Å²) in [6.07, 6.45) is 4.44. The lowest BCUT2D eigenvalue weighted by Gasteiger charge is -2.24. The Labute approximate surface area is 232 Å². The van der Waals surface area contributed by atoms with Gasteiger partial charge in [0, 0.05) is 37.4 Å². The summed E-state index contributed by atoms with van der Waals surface area (Å²) in [4.78, 5) is 45.9. The molecule has 0 bridgehead atoms. The number of ether oxygens (including phenoxy) is 2. The van der Waals surface area contributed by atoms with Gasteiger partial charge in [0.15, 0.2) is 0 Å². The van der Waals surface area contributed by atoms with E-state index in [2.05, 4.69) is 56.9 Å². The molecular formula is C28H47N5O6. The van der Waals surface area contributed by atoms with E-state index in [9.17, 15) is 19.2 Å². The smallest absolute Gasteiger partial charge is 0.404 e. The van der Waals surface area contributed by atoms with Gasteiger partial charge in [0.25, 0.3) is 0 Å². The molecule has 3 heterocycles. The Morgan fingerprint density at radius 1 is 1.36 bits per heavy atom. The van der Waals surface area contributed by atoms with Gasteiger partial charge in [0.2, 0.25) is 18.2 Å². The number of nitrogens with two attached hydrogens (primary N) is 1. The summed E-state index contributed by atoms with van der Waals surface area (Å²) >= 11 is 0. The van der Waals surface area contributed by atoms with Gasteiger partial charge >= 0.3 is 6.09 Å². The number of likely N-dealkylation sites (tertiary alicyclic amines) is 1. The first kappa shape index (κ1) is 32.3. The molecule has 0 aromatic heterocycles. The monoisotopic (exact) mass is 549 g/mol. The lowest BCUT2D eigenvalue weighted by atomic mass is 9.84. The number of hydrogen-bond acceptors (Lipinski definition) is 7. The molecule has 11 nitrogen and oxygen atoms in total. The van der Waals surface area contributed by atoms with Gasteiger partial charge in [-0.25, -0.2) is 4.79 Å². The van der Waals surface area contributed by atoms with E-state index in [1.807, 2.05) is 11.0 Å². The molecule has 0 aromatic rings. The molecule has 1 spiro atoms. The summed E-state index contributed by atoms with van der Waals surface area (Å²) in [7, 11) is 0. The fourth-order valence-electron chi connectivity index (χ4n) is 4.99. The van der Waals surface area contributed by atoms with Crippen molar-refractivity contribution in [2.24, 2.45) is 28.4 Å². The minimum atomic E-state index is -0.717. The van der Waals surface area contributed by atoms with Crippen molar-refractivity contribution in [3.05, 3.63) is 0 Å². The van der Waals surface area contributed by atoms with Crippen LogP contribution in [0.25, 0.3) is 0 Å². The molecule has 4 atom stereocenters. The van der Waals surface area contributed by atoms with Crippen LogP contribution in [0.15, 0.2) is 0 Å². The van der Waals surface area contributed by atoms with E-state index in [0.717, 1.165) is 38.8 Å². The van der Waals surface area contributed by atoms with Gasteiger partial charge in [0.05, 0.1) is 19.3 Å². The number of carbonyl (C=O) groups is 4. The van der Waals surface area contributed by atoms with Crippen LogP contribution in [0.5, 0.6) is 0 Å². The van der Waals surface area contributed by atoms with Gasteiger partial charge in [0.1, 0.15) is 12.1 Å². The molecule has 11 heteroatoms. The summed E-state index contributed by atoms with van der Waals surface area (Å²) in [5, 5.41) is 14.1. The first-order chi connectivity index (χ1) is 18.1. The highest BCUT2D eigenvalue weighted by Gasteiger charge is 2.52. The molecule has 39 heavy (non-hydrogen) atoms. The maximum absolute atomic E-state index is 12.0. The SMILES string of the molecule is CC1CN(C(=O)CC(C)(C)C)CC1(C)C.N#CC(CC1CC2(CC2)NC1=O)NC=O.NC(=O)OC1CCOC1. The zero-order valence-corrected chi connectivity index (χ0v) is 24.4. The van der Waals surface area contributed by atoms with Gasteiger partial charge in [-0.2, -0.15) is 5.26 Å². The van der Waals surface area contributed by atoms with E-state index >= 15 is 0 Å². The molecule has 4 aliphatic rings. The Kier molecular flexibility index (Phi) is 11.2. The van der Waals surface area contributed by atoms with Crippen LogP contribution < -0.4 is 16.4 Å². The fourth-order valence-corrected chi connectivity index (χ4v) is 4.99. The first-order valence-corrected chi connectivity index (χ1v) is 13.8. The minimum absolute atomic E-state index is 0.0282. The quantitative estimate of drug-likeness (QED) is 0.428. The second-order valence-corrected chi connectivity index (χ2v) is 13.2. The second-order valence-electron chi connectivity index (χ2n) is 13.2. The van der Waals surface area contributed by atoms with Gasteiger partial charge in [-0.05, 0) is 42.4 Å². The average molecular weight is 550 g/mol. The summed E-state index contributed by atoms with van der Waals surface area (Å²) < 4.78 is 9.55. The van der Waals surface area contributed by atoms with Crippen LogP contribution in [0.3, 0.4) is 0 Å². The van der Waals surface area contributed by atoms with Crippen molar-refractivity contribution in [2.45, 2.75) is 97.8 Å². The lowest BCUT2D eigenvalue weighted by Crippen LogP contribution is -2.32.